The topological polar surface area (TPSA) is 134 Å². The Kier molecular flexibility index (Phi) is 9.13. The fraction of sp³-hybridized carbons (Fsp3) is 0.273. The molecule has 0 spiro atoms. The number of halogens is 1. The zero-order chi connectivity index (χ0) is 30.5. The number of aliphatic hydroxyl groups is 2. The van der Waals surface area contributed by atoms with Gasteiger partial charge in [-0.1, -0.05) is 91.0 Å². The van der Waals surface area contributed by atoms with Crippen LogP contribution in [0.15, 0.2) is 97.3 Å². The van der Waals surface area contributed by atoms with Gasteiger partial charge in [-0.25, -0.2) is 4.98 Å². The molecule has 1 saturated carbocycles. The predicted molar refractivity (Wildman–Crippen MR) is 167 cm³/mol. The highest BCUT2D eigenvalue weighted by atomic mass is 35.5. The van der Waals surface area contributed by atoms with Gasteiger partial charge in [0.2, 0.25) is 11.2 Å². The van der Waals surface area contributed by atoms with E-state index in [0.29, 0.717) is 30.1 Å². The largest absolute Gasteiger partial charge is 0.388 e. The molecule has 4 atom stereocenters. The van der Waals surface area contributed by atoms with Crippen LogP contribution in [0, 0.1) is 0 Å². The van der Waals surface area contributed by atoms with E-state index in [4.69, 9.17) is 16.3 Å². The molecule has 0 radical (unpaired) electrons. The molecule has 10 nitrogen and oxygen atoms in total. The van der Waals surface area contributed by atoms with Gasteiger partial charge in [0, 0.05) is 12.5 Å². The summed E-state index contributed by atoms with van der Waals surface area (Å²) in [5.74, 6) is 0.122. The molecule has 2 aromatic heterocycles. The van der Waals surface area contributed by atoms with Gasteiger partial charge in [0.05, 0.1) is 25.0 Å². The number of imidazole rings is 1. The van der Waals surface area contributed by atoms with E-state index in [1.54, 1.807) is 10.9 Å². The highest BCUT2D eigenvalue weighted by Crippen LogP contribution is 2.35. The van der Waals surface area contributed by atoms with Crippen molar-refractivity contribution in [3.8, 4) is 0 Å². The number of carbonyl (C=O) groups is 1. The van der Waals surface area contributed by atoms with Crippen molar-refractivity contribution in [2.24, 2.45) is 0 Å². The SMILES string of the molecule is O=C(COCc1ccccc1)NC1CC(n2cnc3c(NCC(c4ccccc4)c4ccccc4)nc(Cl)nc32)C(O)C1O. The van der Waals surface area contributed by atoms with Crippen LogP contribution in [0.25, 0.3) is 11.2 Å². The molecule has 226 valence electrons. The molecule has 6 rings (SSSR count). The van der Waals surface area contributed by atoms with E-state index in [1.165, 1.54) is 0 Å². The third-order valence-electron chi connectivity index (χ3n) is 7.97. The molecule has 5 aromatic rings. The van der Waals surface area contributed by atoms with Crippen LogP contribution >= 0.6 is 11.6 Å². The van der Waals surface area contributed by atoms with Crippen LogP contribution in [-0.2, 0) is 16.1 Å². The van der Waals surface area contributed by atoms with Crippen molar-refractivity contribution in [2.75, 3.05) is 18.5 Å². The van der Waals surface area contributed by atoms with E-state index < -0.39 is 24.3 Å². The number of nitrogens with one attached hydrogen (secondary N) is 2. The molecule has 0 saturated heterocycles. The van der Waals surface area contributed by atoms with E-state index in [9.17, 15) is 15.0 Å². The molecule has 0 aliphatic heterocycles. The molecule has 1 amide bonds. The molecule has 1 fully saturated rings. The molecule has 3 aromatic carbocycles. The second-order valence-corrected chi connectivity index (χ2v) is 11.2. The fourth-order valence-corrected chi connectivity index (χ4v) is 5.93. The van der Waals surface area contributed by atoms with Gasteiger partial charge in [0.25, 0.3) is 0 Å². The number of benzene rings is 3. The number of hydrogen-bond donors (Lipinski definition) is 4. The minimum atomic E-state index is -1.19. The molecule has 11 heteroatoms. The summed E-state index contributed by atoms with van der Waals surface area (Å²) < 4.78 is 7.21. The van der Waals surface area contributed by atoms with E-state index in [2.05, 4.69) is 49.9 Å². The number of aromatic nitrogens is 4. The van der Waals surface area contributed by atoms with Crippen LogP contribution in [0.3, 0.4) is 0 Å². The molecule has 4 N–H and O–H groups in total. The van der Waals surface area contributed by atoms with Crippen LogP contribution in [0.2, 0.25) is 5.28 Å². The average molecular weight is 613 g/mol. The first-order valence-corrected chi connectivity index (χ1v) is 14.9. The first-order valence-electron chi connectivity index (χ1n) is 14.5. The molecular weight excluding hydrogens is 580 g/mol. The Bertz CT molecular complexity index is 1650. The summed E-state index contributed by atoms with van der Waals surface area (Å²) in [6.45, 7) is 0.647. The first-order chi connectivity index (χ1) is 21.5. The molecular formula is C33H33ClN6O4. The third kappa shape index (κ3) is 6.58. The number of aliphatic hydroxyl groups excluding tert-OH is 2. The van der Waals surface area contributed by atoms with E-state index in [0.717, 1.165) is 16.7 Å². The zero-order valence-corrected chi connectivity index (χ0v) is 24.6. The molecule has 4 unspecified atom stereocenters. The number of hydrogen-bond acceptors (Lipinski definition) is 8. The second kappa shape index (κ2) is 13.5. The Morgan fingerprint density at radius 2 is 1.57 bits per heavy atom. The highest BCUT2D eigenvalue weighted by Gasteiger charge is 2.44. The lowest BCUT2D eigenvalue weighted by Crippen LogP contribution is -2.44. The van der Waals surface area contributed by atoms with Crippen LogP contribution in [0.4, 0.5) is 5.82 Å². The number of anilines is 1. The molecule has 0 bridgehead atoms. The molecule has 1 aliphatic carbocycles. The predicted octanol–water partition coefficient (Wildman–Crippen LogP) is 4.09. The van der Waals surface area contributed by atoms with Crippen molar-refractivity contribution < 1.29 is 19.7 Å². The van der Waals surface area contributed by atoms with Gasteiger partial charge in [-0.05, 0) is 34.7 Å². The smallest absolute Gasteiger partial charge is 0.246 e. The van der Waals surface area contributed by atoms with E-state index >= 15 is 0 Å². The van der Waals surface area contributed by atoms with Crippen LogP contribution < -0.4 is 10.6 Å². The number of ether oxygens (including phenoxy) is 1. The van der Waals surface area contributed by atoms with Crippen molar-refractivity contribution in [3.05, 3.63) is 119 Å². The summed E-state index contributed by atoms with van der Waals surface area (Å²) in [5.41, 5.74) is 4.15. The Morgan fingerprint density at radius 1 is 0.932 bits per heavy atom. The lowest BCUT2D eigenvalue weighted by atomic mass is 9.91. The monoisotopic (exact) mass is 612 g/mol. The summed E-state index contributed by atoms with van der Waals surface area (Å²) in [6.07, 6.45) is -0.552. The maximum absolute atomic E-state index is 12.6. The van der Waals surface area contributed by atoms with Gasteiger partial charge in [-0.3, -0.25) is 4.79 Å². The van der Waals surface area contributed by atoms with Crippen LogP contribution in [-0.4, -0.2) is 67.0 Å². The lowest BCUT2D eigenvalue weighted by Gasteiger charge is -2.20. The summed E-state index contributed by atoms with van der Waals surface area (Å²) >= 11 is 6.38. The number of fused-ring (bicyclic) bond motifs is 1. The lowest BCUT2D eigenvalue weighted by molar-refractivity contribution is -0.127. The summed E-state index contributed by atoms with van der Waals surface area (Å²) in [7, 11) is 0. The van der Waals surface area contributed by atoms with Crippen molar-refractivity contribution in [1.29, 1.82) is 0 Å². The van der Waals surface area contributed by atoms with Crippen molar-refractivity contribution >= 4 is 34.5 Å². The number of nitrogens with zero attached hydrogens (tertiary/aromatic N) is 4. The molecule has 2 heterocycles. The number of amides is 1. The Balaban J connectivity index is 1.16. The normalized spacial score (nSPS) is 19.8. The van der Waals surface area contributed by atoms with Gasteiger partial charge >= 0.3 is 0 Å². The van der Waals surface area contributed by atoms with Gasteiger partial charge in [-0.2, -0.15) is 9.97 Å². The minimum Gasteiger partial charge on any atom is -0.388 e. The fourth-order valence-electron chi connectivity index (χ4n) is 5.76. The Morgan fingerprint density at radius 3 is 2.23 bits per heavy atom. The van der Waals surface area contributed by atoms with Crippen molar-refractivity contribution in [1.82, 2.24) is 24.8 Å². The van der Waals surface area contributed by atoms with Gasteiger partial charge in [0.15, 0.2) is 17.0 Å². The van der Waals surface area contributed by atoms with Gasteiger partial charge in [0.1, 0.15) is 18.8 Å². The standard InChI is InChI=1S/C33H33ClN6O4/c34-33-38-31(35-17-24(22-12-6-2-7-13-22)23-14-8-3-9-15-23)28-32(39-33)40(20-36-28)26-16-25(29(42)30(26)43)37-27(41)19-44-18-21-10-4-1-5-11-21/h1-15,20,24-26,29-30,42-43H,16-19H2,(H,37,41)(H,35,38,39). The summed E-state index contributed by atoms with van der Waals surface area (Å²) in [4.78, 5) is 26.0. The Hall–Kier alpha value is -4.35. The van der Waals surface area contributed by atoms with E-state index in [1.807, 2.05) is 66.7 Å². The molecule has 44 heavy (non-hydrogen) atoms. The second-order valence-electron chi connectivity index (χ2n) is 10.9. The van der Waals surface area contributed by atoms with Crippen LogP contribution in [0.1, 0.15) is 35.1 Å². The maximum atomic E-state index is 12.6. The van der Waals surface area contributed by atoms with Crippen molar-refractivity contribution in [3.63, 3.8) is 0 Å². The van der Waals surface area contributed by atoms with Crippen LogP contribution in [0.5, 0.6) is 0 Å². The maximum Gasteiger partial charge on any atom is 0.246 e. The quantitative estimate of drug-likeness (QED) is 0.164. The zero-order valence-electron chi connectivity index (χ0n) is 23.8. The van der Waals surface area contributed by atoms with Gasteiger partial charge in [-0.15, -0.1) is 0 Å². The number of rotatable bonds is 11. The summed E-state index contributed by atoms with van der Waals surface area (Å²) in [5, 5.41) is 28.0. The van der Waals surface area contributed by atoms with E-state index in [-0.39, 0.29) is 30.1 Å². The highest BCUT2D eigenvalue weighted by molar-refractivity contribution is 6.28. The Labute approximate surface area is 259 Å². The number of carbonyl (C=O) groups excluding carboxylic acids is 1. The molecule has 1 aliphatic rings. The minimum absolute atomic E-state index is 0.0196. The first kappa shape index (κ1) is 29.7. The summed E-state index contributed by atoms with van der Waals surface area (Å²) in [6, 6.07) is 28.7. The van der Waals surface area contributed by atoms with Gasteiger partial charge < -0.3 is 30.2 Å². The third-order valence-corrected chi connectivity index (χ3v) is 8.14. The van der Waals surface area contributed by atoms with Crippen molar-refractivity contribution in [2.45, 2.75) is 43.2 Å². The average Bonchev–Trinajstić information content (AvgIpc) is 3.58.